The predicted molar refractivity (Wildman–Crippen MR) is 94.9 cm³/mol. The Morgan fingerprint density at radius 3 is 2.48 bits per heavy atom. The molecule has 1 unspecified atom stereocenters. The Kier molecular flexibility index (Phi) is 6.18. The molecule has 0 aliphatic carbocycles. The van der Waals surface area contributed by atoms with Gasteiger partial charge in [-0.25, -0.2) is 12.7 Å². The first-order chi connectivity index (χ1) is 11.7. The number of carbonyl (C=O) groups excluding carboxylic acids is 2. The van der Waals surface area contributed by atoms with E-state index in [2.05, 4.69) is 5.32 Å². The summed E-state index contributed by atoms with van der Waals surface area (Å²) in [6, 6.07) is 5.98. The van der Waals surface area contributed by atoms with Crippen LogP contribution in [0.4, 0.5) is 5.69 Å². The van der Waals surface area contributed by atoms with E-state index >= 15 is 0 Å². The van der Waals surface area contributed by atoms with Crippen LogP contribution in [-0.2, 0) is 19.6 Å². The second kappa shape index (κ2) is 7.97. The van der Waals surface area contributed by atoms with Gasteiger partial charge in [0.1, 0.15) is 0 Å². The number of hydrogen-bond donors (Lipinski definition) is 1. The van der Waals surface area contributed by atoms with Crippen LogP contribution < -0.4 is 9.62 Å². The molecular weight excluding hydrogens is 344 g/mol. The van der Waals surface area contributed by atoms with Crippen molar-refractivity contribution in [1.82, 2.24) is 5.32 Å². The van der Waals surface area contributed by atoms with Crippen molar-refractivity contribution in [2.24, 2.45) is 5.92 Å². The SMILES string of the molecule is CC(C)OCCCNC(=O)c1ccc(N2C(=O)C(C)CS2(=O)=O)cc1. The van der Waals surface area contributed by atoms with Crippen molar-refractivity contribution in [3.05, 3.63) is 29.8 Å². The molecule has 7 nitrogen and oxygen atoms in total. The molecule has 138 valence electrons. The van der Waals surface area contributed by atoms with Gasteiger partial charge in [-0.2, -0.15) is 0 Å². The molecule has 0 saturated carbocycles. The van der Waals surface area contributed by atoms with E-state index in [0.29, 0.717) is 25.1 Å². The summed E-state index contributed by atoms with van der Waals surface area (Å²) in [5.74, 6) is -1.43. The van der Waals surface area contributed by atoms with Gasteiger partial charge in [-0.05, 0) is 44.5 Å². The molecule has 1 aromatic rings. The zero-order chi connectivity index (χ0) is 18.6. The molecule has 1 aromatic carbocycles. The Hall–Kier alpha value is -1.93. The van der Waals surface area contributed by atoms with Crippen molar-refractivity contribution in [1.29, 1.82) is 0 Å². The summed E-state index contributed by atoms with van der Waals surface area (Å²) in [6.07, 6.45) is 0.871. The average Bonchev–Trinajstić information content (AvgIpc) is 2.74. The molecule has 2 amide bonds. The van der Waals surface area contributed by atoms with Crippen molar-refractivity contribution in [2.75, 3.05) is 23.2 Å². The maximum absolute atomic E-state index is 12.1. The summed E-state index contributed by atoms with van der Waals surface area (Å²) >= 11 is 0. The maximum Gasteiger partial charge on any atom is 0.251 e. The van der Waals surface area contributed by atoms with Crippen LogP contribution >= 0.6 is 0 Å². The molecule has 0 radical (unpaired) electrons. The number of sulfonamides is 1. The topological polar surface area (TPSA) is 92.8 Å². The quantitative estimate of drug-likeness (QED) is 0.737. The standard InChI is InChI=1S/C17H24N2O5S/c1-12(2)24-10-4-9-18-16(20)14-5-7-15(8-6-14)19-17(21)13(3)11-25(19,22)23/h5-8,12-13H,4,9-11H2,1-3H3,(H,18,20). The molecule has 2 rings (SSSR count). The Labute approximate surface area is 148 Å². The summed E-state index contributed by atoms with van der Waals surface area (Å²) in [6.45, 7) is 6.55. The van der Waals surface area contributed by atoms with Gasteiger partial charge < -0.3 is 10.1 Å². The smallest absolute Gasteiger partial charge is 0.251 e. The minimum absolute atomic E-state index is 0.163. The van der Waals surface area contributed by atoms with Crippen molar-refractivity contribution in [3.63, 3.8) is 0 Å². The van der Waals surface area contributed by atoms with Crippen LogP contribution in [0.2, 0.25) is 0 Å². The van der Waals surface area contributed by atoms with Crippen LogP contribution in [0, 0.1) is 5.92 Å². The number of ether oxygens (including phenoxy) is 1. The molecule has 0 spiro atoms. The molecule has 1 fully saturated rings. The third kappa shape index (κ3) is 4.79. The molecule has 0 bridgehead atoms. The summed E-state index contributed by atoms with van der Waals surface area (Å²) in [7, 11) is -3.63. The lowest BCUT2D eigenvalue weighted by atomic mass is 10.1. The zero-order valence-corrected chi connectivity index (χ0v) is 15.5. The highest BCUT2D eigenvalue weighted by Crippen LogP contribution is 2.28. The number of benzene rings is 1. The van der Waals surface area contributed by atoms with Crippen LogP contribution in [0.1, 0.15) is 37.6 Å². The summed E-state index contributed by atoms with van der Waals surface area (Å²) < 4.78 is 30.3. The number of amides is 2. The number of carbonyl (C=O) groups is 2. The first-order valence-corrected chi connectivity index (χ1v) is 9.90. The van der Waals surface area contributed by atoms with Gasteiger partial charge in [-0.3, -0.25) is 9.59 Å². The fourth-order valence-electron chi connectivity index (χ4n) is 2.53. The third-order valence-corrected chi connectivity index (χ3v) is 5.65. The molecule has 25 heavy (non-hydrogen) atoms. The highest BCUT2D eigenvalue weighted by atomic mass is 32.2. The van der Waals surface area contributed by atoms with Gasteiger partial charge in [-0.15, -0.1) is 0 Å². The minimum atomic E-state index is -3.63. The van der Waals surface area contributed by atoms with Gasteiger partial charge in [0, 0.05) is 18.7 Å². The van der Waals surface area contributed by atoms with Gasteiger partial charge in [0.2, 0.25) is 15.9 Å². The molecule has 1 aliphatic heterocycles. The van der Waals surface area contributed by atoms with Gasteiger partial charge in [0.05, 0.1) is 23.5 Å². The van der Waals surface area contributed by atoms with Crippen molar-refractivity contribution < 1.29 is 22.7 Å². The van der Waals surface area contributed by atoms with Crippen molar-refractivity contribution in [3.8, 4) is 0 Å². The van der Waals surface area contributed by atoms with E-state index in [1.165, 1.54) is 24.3 Å². The van der Waals surface area contributed by atoms with Crippen LogP contribution in [0.5, 0.6) is 0 Å². The van der Waals surface area contributed by atoms with Crippen LogP contribution in [-0.4, -0.2) is 45.2 Å². The lowest BCUT2D eigenvalue weighted by Crippen LogP contribution is -2.30. The van der Waals surface area contributed by atoms with E-state index < -0.39 is 21.8 Å². The minimum Gasteiger partial charge on any atom is -0.379 e. The lowest BCUT2D eigenvalue weighted by molar-refractivity contribution is -0.119. The maximum atomic E-state index is 12.1. The zero-order valence-electron chi connectivity index (χ0n) is 14.7. The second-order valence-electron chi connectivity index (χ2n) is 6.36. The van der Waals surface area contributed by atoms with Crippen molar-refractivity contribution in [2.45, 2.75) is 33.3 Å². The first kappa shape index (κ1) is 19.4. The third-order valence-electron chi connectivity index (χ3n) is 3.78. The molecule has 8 heteroatoms. The number of rotatable bonds is 7. The normalized spacial score (nSPS) is 19.4. The molecule has 1 aliphatic rings. The van der Waals surface area contributed by atoms with E-state index in [9.17, 15) is 18.0 Å². The molecule has 1 heterocycles. The van der Waals surface area contributed by atoms with Gasteiger partial charge >= 0.3 is 0 Å². The van der Waals surface area contributed by atoms with E-state index in [4.69, 9.17) is 4.74 Å². The monoisotopic (exact) mass is 368 g/mol. The number of anilines is 1. The Morgan fingerprint density at radius 2 is 1.96 bits per heavy atom. The average molecular weight is 368 g/mol. The fourth-order valence-corrected chi connectivity index (χ4v) is 4.35. The molecule has 1 saturated heterocycles. The summed E-state index contributed by atoms with van der Waals surface area (Å²) in [4.78, 5) is 24.1. The number of nitrogens with one attached hydrogen (secondary N) is 1. The summed E-state index contributed by atoms with van der Waals surface area (Å²) in [5.41, 5.74) is 0.668. The van der Waals surface area contributed by atoms with E-state index in [-0.39, 0.29) is 23.5 Å². The highest BCUT2D eigenvalue weighted by Gasteiger charge is 2.41. The van der Waals surface area contributed by atoms with E-state index in [0.717, 1.165) is 4.31 Å². The van der Waals surface area contributed by atoms with Gasteiger partial charge in [-0.1, -0.05) is 6.92 Å². The summed E-state index contributed by atoms with van der Waals surface area (Å²) in [5, 5.41) is 2.78. The van der Waals surface area contributed by atoms with Crippen LogP contribution in [0.15, 0.2) is 24.3 Å². The first-order valence-electron chi connectivity index (χ1n) is 8.29. The molecule has 1 atom stereocenters. The predicted octanol–water partition coefficient (Wildman–Crippen LogP) is 1.54. The Morgan fingerprint density at radius 1 is 1.32 bits per heavy atom. The van der Waals surface area contributed by atoms with E-state index in [1.54, 1.807) is 6.92 Å². The number of nitrogens with zero attached hydrogens (tertiary/aromatic N) is 1. The van der Waals surface area contributed by atoms with E-state index in [1.807, 2.05) is 13.8 Å². The lowest BCUT2D eigenvalue weighted by Gasteiger charge is -2.15. The molecular formula is C17H24N2O5S. The van der Waals surface area contributed by atoms with Crippen LogP contribution in [0.25, 0.3) is 0 Å². The second-order valence-corrected chi connectivity index (χ2v) is 8.22. The Bertz CT molecular complexity index is 728. The fraction of sp³-hybridized carbons (Fsp3) is 0.529. The largest absolute Gasteiger partial charge is 0.379 e. The van der Waals surface area contributed by atoms with Crippen LogP contribution in [0.3, 0.4) is 0 Å². The van der Waals surface area contributed by atoms with Gasteiger partial charge in [0.15, 0.2) is 0 Å². The Balaban J connectivity index is 1.96. The molecule has 1 N–H and O–H groups in total. The molecule has 0 aromatic heterocycles. The van der Waals surface area contributed by atoms with Gasteiger partial charge in [0.25, 0.3) is 5.91 Å². The number of hydrogen-bond acceptors (Lipinski definition) is 5. The highest BCUT2D eigenvalue weighted by molar-refractivity contribution is 7.94. The van der Waals surface area contributed by atoms with Crippen molar-refractivity contribution >= 4 is 27.5 Å².